The minimum absolute atomic E-state index is 0.220. The van der Waals surface area contributed by atoms with Crippen molar-refractivity contribution in [3.05, 3.63) is 19.7 Å². The first-order valence-electron chi connectivity index (χ1n) is 17.6. The van der Waals surface area contributed by atoms with E-state index in [1.807, 2.05) is 3.59 Å². The second kappa shape index (κ2) is 11.3. The first-order chi connectivity index (χ1) is 18.8. The fraction of sp³-hybridized carbons (Fsp3) is 0.895. The Morgan fingerprint density at radius 1 is 0.929 bits per heavy atom. The molecule has 4 heteroatoms. The van der Waals surface area contributed by atoms with Crippen LogP contribution in [0.4, 0.5) is 0 Å². The molecule has 242 valence electrons. The summed E-state index contributed by atoms with van der Waals surface area (Å²) in [7, 11) is -1.82. The predicted octanol–water partition coefficient (Wildman–Crippen LogP) is 13.1. The molecule has 0 aromatic heterocycles. The zero-order valence-electron chi connectivity index (χ0n) is 30.7. The van der Waals surface area contributed by atoms with E-state index in [1.54, 1.807) is 5.57 Å². The zero-order chi connectivity index (χ0) is 31.9. The maximum absolute atomic E-state index is 7.27. The number of allylic oxidation sites excluding steroid dienone is 4. The standard InChI is InChI=1S/C35H60BrOSi.3CH3.Sn/c1-30(2,3)38(11,12)37-29-18-22-34(9)27(32(29,6)7)17-23-35(10)28(34)14-13-19-33(35,8)21-16-25-15-20-31(4,5)24-26(25)36;;;;/h13,27-29H,14-18,20-24H2,1-12H3;3*1H3;/t27-,28+,29-,33-,34-,35+;;;;/m0..../s1. The van der Waals surface area contributed by atoms with Gasteiger partial charge in [0.25, 0.3) is 0 Å². The summed E-state index contributed by atoms with van der Waals surface area (Å²) < 4.78 is 10.8. The first kappa shape index (κ1) is 35.8. The Morgan fingerprint density at radius 3 is 2.10 bits per heavy atom. The first-order valence-corrected chi connectivity index (χ1v) is 31.3. The Bertz CT molecular complexity index is 1100. The van der Waals surface area contributed by atoms with Crippen LogP contribution in [0.2, 0.25) is 33.0 Å². The number of hydrogen-bond acceptors (Lipinski definition) is 1. The van der Waals surface area contributed by atoms with Crippen molar-refractivity contribution < 1.29 is 4.43 Å². The van der Waals surface area contributed by atoms with Crippen molar-refractivity contribution >= 4 is 42.6 Å². The van der Waals surface area contributed by atoms with E-state index in [4.69, 9.17) is 4.43 Å². The van der Waals surface area contributed by atoms with Crippen LogP contribution in [0.15, 0.2) is 19.7 Å². The number of hydrogen-bond donors (Lipinski definition) is 0. The molecular weight excluding hydrogens is 699 g/mol. The summed E-state index contributed by atoms with van der Waals surface area (Å²) in [6.07, 6.45) is 16.4. The molecule has 4 aliphatic carbocycles. The van der Waals surface area contributed by atoms with Crippen molar-refractivity contribution in [2.75, 3.05) is 0 Å². The second-order valence-corrected chi connectivity index (χ2v) is 40.2. The average molecular weight is 769 g/mol. The summed E-state index contributed by atoms with van der Waals surface area (Å²) in [5.74, 6) is 1.50. The van der Waals surface area contributed by atoms with Crippen molar-refractivity contribution in [3.8, 4) is 0 Å². The fourth-order valence-electron chi connectivity index (χ4n) is 10.7. The van der Waals surface area contributed by atoms with Gasteiger partial charge in [-0.15, -0.1) is 0 Å². The molecule has 0 bridgehead atoms. The SMILES string of the molecule is CC1(C)CCC(CC[C@]2(C)[C]([Sn]([CH3])([CH3])[CH3])=CC[C@@H]3[C@@]4(C)CC[C@H](O[Si](C)(C)C(C)(C)C)C(C)(C)[C@@H]4CC[C@]32C)=C(Br)C1. The van der Waals surface area contributed by atoms with E-state index >= 15 is 0 Å². The summed E-state index contributed by atoms with van der Waals surface area (Å²) in [5, 5.41) is 0.263. The molecule has 42 heavy (non-hydrogen) atoms. The molecule has 4 rings (SSSR count). The summed E-state index contributed by atoms with van der Waals surface area (Å²) in [5.41, 5.74) is 3.45. The van der Waals surface area contributed by atoms with Gasteiger partial charge >= 0.3 is 278 Å². The molecule has 4 aliphatic rings. The van der Waals surface area contributed by atoms with Gasteiger partial charge in [-0.2, -0.15) is 0 Å². The zero-order valence-corrected chi connectivity index (χ0v) is 36.1. The van der Waals surface area contributed by atoms with E-state index in [2.05, 4.69) is 119 Å². The fourth-order valence-corrected chi connectivity index (χ4v) is 21.3. The molecular formula is C38H69BrOSiSn. The summed E-state index contributed by atoms with van der Waals surface area (Å²) >= 11 is 1.75. The number of halogens is 1. The van der Waals surface area contributed by atoms with Gasteiger partial charge in [-0.3, -0.25) is 0 Å². The third-order valence-electron chi connectivity index (χ3n) is 14.5. The van der Waals surface area contributed by atoms with Crippen LogP contribution >= 0.6 is 15.9 Å². The maximum atomic E-state index is 7.27. The molecule has 1 nitrogen and oxygen atoms in total. The van der Waals surface area contributed by atoms with Crippen LogP contribution in [0, 0.1) is 38.9 Å². The normalized spacial score (nSPS) is 39.0. The topological polar surface area (TPSA) is 9.23 Å². The third-order valence-corrected chi connectivity index (χ3v) is 26.6. The molecule has 0 aromatic rings. The van der Waals surface area contributed by atoms with Crippen molar-refractivity contribution in [2.45, 2.75) is 173 Å². The van der Waals surface area contributed by atoms with Crippen molar-refractivity contribution in [2.24, 2.45) is 38.9 Å². The van der Waals surface area contributed by atoms with Gasteiger partial charge in [0.05, 0.1) is 0 Å². The molecule has 0 aromatic carbocycles. The molecule has 0 heterocycles. The molecule has 0 radical (unpaired) electrons. The van der Waals surface area contributed by atoms with Crippen LogP contribution in [0.25, 0.3) is 0 Å². The van der Waals surface area contributed by atoms with Gasteiger partial charge in [-0.05, 0) is 0 Å². The predicted molar refractivity (Wildman–Crippen MR) is 194 cm³/mol. The molecule has 2 saturated carbocycles. The van der Waals surface area contributed by atoms with Gasteiger partial charge in [-0.1, -0.05) is 0 Å². The van der Waals surface area contributed by atoms with Crippen molar-refractivity contribution in [1.29, 1.82) is 0 Å². The molecule has 0 spiro atoms. The van der Waals surface area contributed by atoms with Crippen LogP contribution < -0.4 is 0 Å². The van der Waals surface area contributed by atoms with E-state index in [-0.39, 0.29) is 10.5 Å². The number of fused-ring (bicyclic) bond motifs is 3. The van der Waals surface area contributed by atoms with Crippen LogP contribution in [-0.2, 0) is 4.43 Å². The molecule has 0 aliphatic heterocycles. The van der Waals surface area contributed by atoms with Gasteiger partial charge in [0.2, 0.25) is 0 Å². The Hall–Kier alpha value is 0.936. The monoisotopic (exact) mass is 768 g/mol. The Labute approximate surface area is 276 Å². The Kier molecular flexibility index (Phi) is 9.61. The van der Waals surface area contributed by atoms with E-state index < -0.39 is 26.7 Å². The Morgan fingerprint density at radius 2 is 1.55 bits per heavy atom. The van der Waals surface area contributed by atoms with Crippen LogP contribution in [-0.4, -0.2) is 32.8 Å². The van der Waals surface area contributed by atoms with Gasteiger partial charge in [0.1, 0.15) is 0 Å². The van der Waals surface area contributed by atoms with E-state index in [0.29, 0.717) is 27.8 Å². The molecule has 2 fully saturated rings. The van der Waals surface area contributed by atoms with Crippen LogP contribution in [0.1, 0.15) is 133 Å². The third kappa shape index (κ3) is 6.04. The van der Waals surface area contributed by atoms with E-state index in [0.717, 1.165) is 11.8 Å². The summed E-state index contributed by atoms with van der Waals surface area (Å²) in [6.45, 7) is 30.5. The second-order valence-electron chi connectivity index (χ2n) is 20.1. The molecule has 0 amide bonds. The molecule has 0 unspecified atom stereocenters. The van der Waals surface area contributed by atoms with Gasteiger partial charge in [-0.25, -0.2) is 0 Å². The Balaban J connectivity index is 1.69. The molecule has 0 saturated heterocycles. The van der Waals surface area contributed by atoms with Crippen LogP contribution in [0.3, 0.4) is 0 Å². The van der Waals surface area contributed by atoms with E-state index in [1.165, 1.54) is 68.7 Å². The van der Waals surface area contributed by atoms with Crippen LogP contribution in [0.5, 0.6) is 0 Å². The summed E-state index contributed by atoms with van der Waals surface area (Å²) in [6, 6.07) is 0. The quantitative estimate of drug-likeness (QED) is 0.245. The van der Waals surface area contributed by atoms with Crippen molar-refractivity contribution in [1.82, 2.24) is 0 Å². The number of rotatable bonds is 6. The van der Waals surface area contributed by atoms with Gasteiger partial charge in [0.15, 0.2) is 0 Å². The van der Waals surface area contributed by atoms with Gasteiger partial charge < -0.3 is 0 Å². The minimum atomic E-state index is -2.34. The average Bonchev–Trinajstić information content (AvgIpc) is 2.79. The van der Waals surface area contributed by atoms with Gasteiger partial charge in [0, 0.05) is 0 Å². The van der Waals surface area contributed by atoms with Crippen molar-refractivity contribution in [3.63, 3.8) is 0 Å². The van der Waals surface area contributed by atoms with E-state index in [9.17, 15) is 0 Å². The molecule has 0 N–H and O–H groups in total. The summed E-state index contributed by atoms with van der Waals surface area (Å²) in [4.78, 5) is 8.09. The molecule has 6 atom stereocenters.